The van der Waals surface area contributed by atoms with Crippen molar-refractivity contribution in [3.63, 3.8) is 0 Å². The molecule has 0 atom stereocenters. The zero-order valence-electron chi connectivity index (χ0n) is 15.2. The molecule has 0 bridgehead atoms. The molecule has 1 aromatic carbocycles. The first-order valence-corrected chi connectivity index (χ1v) is 10.2. The van der Waals surface area contributed by atoms with Gasteiger partial charge in [-0.15, -0.1) is 0 Å². The molecule has 0 unspecified atom stereocenters. The van der Waals surface area contributed by atoms with E-state index in [1.165, 1.54) is 15.4 Å². The van der Waals surface area contributed by atoms with Crippen molar-refractivity contribution in [2.45, 2.75) is 40.5 Å². The molecule has 0 aliphatic carbocycles. The van der Waals surface area contributed by atoms with E-state index in [1.54, 1.807) is 0 Å². The van der Waals surface area contributed by atoms with Crippen molar-refractivity contribution in [1.29, 1.82) is 0 Å². The molecule has 1 rings (SSSR count). The lowest BCUT2D eigenvalue weighted by atomic mass is 10.0. The summed E-state index contributed by atoms with van der Waals surface area (Å²) in [5.74, 6) is 0.216. The first-order valence-electron chi connectivity index (χ1n) is 8.55. The Morgan fingerprint density at radius 2 is 1.67 bits per heavy atom. The predicted molar refractivity (Wildman–Crippen MR) is 102 cm³/mol. The minimum atomic E-state index is -3.27. The highest BCUT2D eigenvalue weighted by Gasteiger charge is 2.17. The fourth-order valence-corrected chi connectivity index (χ4v) is 3.97. The predicted octanol–water partition coefficient (Wildman–Crippen LogP) is 2.21. The van der Waals surface area contributed by atoms with Gasteiger partial charge in [0.2, 0.25) is 10.0 Å². The first-order chi connectivity index (χ1) is 11.4. The maximum absolute atomic E-state index is 12.1. The van der Waals surface area contributed by atoms with Gasteiger partial charge in [0.1, 0.15) is 0 Å². The molecule has 0 aliphatic rings. The molecule has 0 heterocycles. The molecule has 6 nitrogen and oxygen atoms in total. The van der Waals surface area contributed by atoms with Crippen LogP contribution in [-0.4, -0.2) is 44.1 Å². The number of rotatable bonds is 9. The number of guanidine groups is 1. The van der Waals surface area contributed by atoms with E-state index in [-0.39, 0.29) is 18.3 Å². The Kier molecular flexibility index (Phi) is 8.21. The number of nitrogens with zero attached hydrogens (tertiary/aromatic N) is 2. The number of sulfonamides is 1. The van der Waals surface area contributed by atoms with Gasteiger partial charge in [0.15, 0.2) is 5.96 Å². The fraction of sp³-hybridized carbons (Fsp3) is 0.588. The maximum Gasteiger partial charge on any atom is 0.215 e. The lowest BCUT2D eigenvalue weighted by Gasteiger charge is -2.18. The zero-order chi connectivity index (χ0) is 18.2. The number of hydrogen-bond donors (Lipinski definition) is 2. The third-order valence-electron chi connectivity index (χ3n) is 3.98. The molecule has 0 amide bonds. The van der Waals surface area contributed by atoms with Crippen LogP contribution in [0, 0.1) is 0 Å². The molecule has 1 aromatic rings. The molecule has 0 aromatic heterocycles. The van der Waals surface area contributed by atoms with Crippen molar-refractivity contribution in [1.82, 2.24) is 4.31 Å². The summed E-state index contributed by atoms with van der Waals surface area (Å²) in [5.41, 5.74) is 9.28. The summed E-state index contributed by atoms with van der Waals surface area (Å²) < 4.78 is 25.7. The number of benzene rings is 1. The second-order valence-electron chi connectivity index (χ2n) is 5.45. The van der Waals surface area contributed by atoms with Gasteiger partial charge in [0.05, 0.1) is 12.3 Å². The number of nitrogens with two attached hydrogens (primary N) is 1. The molecule has 0 saturated heterocycles. The minimum Gasteiger partial charge on any atom is -0.370 e. The van der Waals surface area contributed by atoms with Crippen LogP contribution in [0.25, 0.3) is 0 Å². The number of anilines is 1. The van der Waals surface area contributed by atoms with Gasteiger partial charge in [0, 0.05) is 18.8 Å². The second kappa shape index (κ2) is 9.64. The smallest absolute Gasteiger partial charge is 0.215 e. The molecule has 24 heavy (non-hydrogen) atoms. The van der Waals surface area contributed by atoms with Crippen LogP contribution in [0.15, 0.2) is 23.2 Å². The van der Waals surface area contributed by atoms with E-state index in [4.69, 9.17) is 5.73 Å². The molecule has 0 aliphatic heterocycles. The van der Waals surface area contributed by atoms with Gasteiger partial charge < -0.3 is 11.1 Å². The standard InChI is InChI=1S/C17H30N4O2S/c1-5-14-10-9-11-15(6-2)16(14)20-17(18)19-12-13-24(22,23)21(7-3)8-4/h9-11H,5-8,12-13H2,1-4H3,(H3,18,19,20). The summed E-state index contributed by atoms with van der Waals surface area (Å²) in [7, 11) is -3.27. The van der Waals surface area contributed by atoms with Crippen molar-refractivity contribution in [3.8, 4) is 0 Å². The van der Waals surface area contributed by atoms with Crippen LogP contribution in [0.4, 0.5) is 5.69 Å². The highest BCUT2D eigenvalue weighted by Crippen LogP contribution is 2.22. The Morgan fingerprint density at radius 1 is 1.12 bits per heavy atom. The van der Waals surface area contributed by atoms with Crippen molar-refractivity contribution in [2.24, 2.45) is 10.7 Å². The van der Waals surface area contributed by atoms with Gasteiger partial charge in [-0.05, 0) is 24.0 Å². The minimum absolute atomic E-state index is 0.0346. The van der Waals surface area contributed by atoms with Crippen molar-refractivity contribution in [2.75, 3.05) is 30.7 Å². The normalized spacial score (nSPS) is 12.6. The van der Waals surface area contributed by atoms with Crippen LogP contribution >= 0.6 is 0 Å². The van der Waals surface area contributed by atoms with Gasteiger partial charge in [-0.25, -0.2) is 12.7 Å². The topological polar surface area (TPSA) is 87.8 Å². The van der Waals surface area contributed by atoms with Crippen molar-refractivity contribution in [3.05, 3.63) is 29.3 Å². The van der Waals surface area contributed by atoms with E-state index < -0.39 is 10.0 Å². The van der Waals surface area contributed by atoms with E-state index in [9.17, 15) is 8.42 Å². The number of aliphatic imine (C=N–C) groups is 1. The Bertz CT molecular complexity index is 630. The van der Waals surface area contributed by atoms with Gasteiger partial charge in [-0.1, -0.05) is 45.9 Å². The summed E-state index contributed by atoms with van der Waals surface area (Å²) >= 11 is 0. The summed E-state index contributed by atoms with van der Waals surface area (Å²) in [5, 5.41) is 3.14. The molecule has 0 fully saturated rings. The van der Waals surface area contributed by atoms with Crippen LogP contribution in [0.1, 0.15) is 38.8 Å². The van der Waals surface area contributed by atoms with Gasteiger partial charge in [-0.3, -0.25) is 4.99 Å². The largest absolute Gasteiger partial charge is 0.370 e. The Labute approximate surface area is 146 Å². The van der Waals surface area contributed by atoms with Crippen LogP contribution in [-0.2, 0) is 22.9 Å². The molecule has 0 radical (unpaired) electrons. The number of hydrogen-bond acceptors (Lipinski definition) is 3. The van der Waals surface area contributed by atoms with E-state index in [0.717, 1.165) is 18.5 Å². The van der Waals surface area contributed by atoms with Crippen molar-refractivity contribution >= 4 is 21.7 Å². The first kappa shape index (κ1) is 20.4. The molecular weight excluding hydrogens is 324 g/mol. The average molecular weight is 355 g/mol. The van der Waals surface area contributed by atoms with Crippen LogP contribution in [0.3, 0.4) is 0 Å². The summed E-state index contributed by atoms with van der Waals surface area (Å²) in [4.78, 5) is 4.18. The Balaban J connectivity index is 2.79. The quantitative estimate of drug-likeness (QED) is 0.526. The third kappa shape index (κ3) is 5.49. The summed E-state index contributed by atoms with van der Waals surface area (Å²) in [6.07, 6.45) is 1.78. The van der Waals surface area contributed by atoms with Crippen LogP contribution in [0.2, 0.25) is 0 Å². The van der Waals surface area contributed by atoms with E-state index in [2.05, 4.69) is 36.3 Å². The maximum atomic E-state index is 12.1. The van der Waals surface area contributed by atoms with Gasteiger partial charge in [-0.2, -0.15) is 0 Å². The van der Waals surface area contributed by atoms with Crippen LogP contribution < -0.4 is 11.1 Å². The highest BCUT2D eigenvalue weighted by molar-refractivity contribution is 7.89. The SMILES string of the molecule is CCc1cccc(CC)c1NC(N)=NCCS(=O)(=O)N(CC)CC. The van der Waals surface area contributed by atoms with Gasteiger partial charge >= 0.3 is 0 Å². The van der Waals surface area contributed by atoms with Gasteiger partial charge in [0.25, 0.3) is 0 Å². The number of nitrogens with one attached hydrogen (secondary N) is 1. The Hall–Kier alpha value is -1.60. The zero-order valence-corrected chi connectivity index (χ0v) is 16.0. The molecule has 0 saturated carbocycles. The number of aryl methyl sites for hydroxylation is 2. The molecular formula is C17H30N4O2S. The third-order valence-corrected chi connectivity index (χ3v) is 5.98. The average Bonchev–Trinajstić information content (AvgIpc) is 2.55. The van der Waals surface area contributed by atoms with Crippen LogP contribution in [0.5, 0.6) is 0 Å². The van der Waals surface area contributed by atoms with E-state index in [0.29, 0.717) is 13.1 Å². The monoisotopic (exact) mass is 354 g/mol. The lowest BCUT2D eigenvalue weighted by Crippen LogP contribution is -2.34. The summed E-state index contributed by atoms with van der Waals surface area (Å²) in [6.45, 7) is 8.92. The van der Waals surface area contributed by atoms with E-state index in [1.807, 2.05) is 19.9 Å². The highest BCUT2D eigenvalue weighted by atomic mass is 32.2. The van der Waals surface area contributed by atoms with E-state index >= 15 is 0 Å². The fourth-order valence-electron chi connectivity index (χ4n) is 2.60. The number of para-hydroxylation sites is 1. The molecule has 136 valence electrons. The molecule has 3 N–H and O–H groups in total. The summed E-state index contributed by atoms with van der Waals surface area (Å²) in [6, 6.07) is 6.14. The van der Waals surface area contributed by atoms with Crippen molar-refractivity contribution < 1.29 is 8.42 Å². The second-order valence-corrected chi connectivity index (χ2v) is 7.54. The lowest BCUT2D eigenvalue weighted by molar-refractivity contribution is 0.445. The Morgan fingerprint density at radius 3 is 2.12 bits per heavy atom. The molecule has 0 spiro atoms. The molecule has 7 heteroatoms.